The molecule has 0 aromatic carbocycles. The molecule has 3 heterocycles. The third-order valence-corrected chi connectivity index (χ3v) is 3.61. The molecule has 3 fully saturated rings. The molecule has 1 N–H and O–H groups in total. The molecule has 3 saturated heterocycles. The van der Waals surface area contributed by atoms with Crippen LogP contribution in [-0.2, 0) is 0 Å². The molecule has 11 heavy (non-hydrogen) atoms. The van der Waals surface area contributed by atoms with Gasteiger partial charge in [0.05, 0.1) is 6.04 Å². The van der Waals surface area contributed by atoms with Gasteiger partial charge in [-0.2, -0.15) is 0 Å². The van der Waals surface area contributed by atoms with Gasteiger partial charge < -0.3 is 5.32 Å². The maximum atomic E-state index is 4.43. The van der Waals surface area contributed by atoms with E-state index in [9.17, 15) is 0 Å². The topological polar surface area (TPSA) is 26.1 Å². The van der Waals surface area contributed by atoms with Crippen LogP contribution < -0.4 is 10.6 Å². The smallest absolute Gasteiger partial charge is 0.0570 e. The van der Waals surface area contributed by atoms with Crippen LogP contribution in [0.15, 0.2) is 0 Å². The van der Waals surface area contributed by atoms with Crippen molar-refractivity contribution in [1.29, 1.82) is 0 Å². The van der Waals surface area contributed by atoms with Gasteiger partial charge in [-0.3, -0.25) is 0 Å². The Hall–Kier alpha value is -0.0800. The van der Waals surface area contributed by atoms with Gasteiger partial charge in [0, 0.05) is 18.1 Å². The lowest BCUT2D eigenvalue weighted by Gasteiger charge is -2.33. The first-order chi connectivity index (χ1) is 5.39. The quantitative estimate of drug-likeness (QED) is 0.547. The summed E-state index contributed by atoms with van der Waals surface area (Å²) in [5.41, 5.74) is 0.489. The fraction of sp³-hybridized carbons (Fsp3) is 1.00. The number of nitrogens with one attached hydrogen (secondary N) is 1. The van der Waals surface area contributed by atoms with Gasteiger partial charge in [0.15, 0.2) is 0 Å². The lowest BCUT2D eigenvalue weighted by Crippen LogP contribution is -2.51. The summed E-state index contributed by atoms with van der Waals surface area (Å²) in [5.74, 6) is 0. The summed E-state index contributed by atoms with van der Waals surface area (Å²) in [7, 11) is 0. The second-order valence-corrected chi connectivity index (χ2v) is 4.31. The Morgan fingerprint density at radius 1 is 1.27 bits per heavy atom. The Morgan fingerprint density at radius 3 is 3.00 bits per heavy atom. The van der Waals surface area contributed by atoms with Crippen molar-refractivity contribution in [2.45, 2.75) is 49.7 Å². The highest BCUT2D eigenvalue weighted by Crippen LogP contribution is 2.40. The van der Waals surface area contributed by atoms with E-state index in [1.54, 1.807) is 0 Å². The van der Waals surface area contributed by atoms with Crippen LogP contribution in [0.3, 0.4) is 0 Å². The minimum absolute atomic E-state index is 0.489. The molecule has 0 aromatic rings. The third kappa shape index (κ3) is 0.859. The van der Waals surface area contributed by atoms with E-state index in [-0.39, 0.29) is 0 Å². The maximum absolute atomic E-state index is 4.43. The molecule has 0 amide bonds. The zero-order chi connectivity index (χ0) is 7.31. The van der Waals surface area contributed by atoms with Crippen molar-refractivity contribution in [1.82, 2.24) is 10.6 Å². The van der Waals surface area contributed by atoms with Crippen molar-refractivity contribution in [3.8, 4) is 0 Å². The monoisotopic (exact) mass is 151 g/mol. The lowest BCUT2D eigenvalue weighted by atomic mass is 9.87. The summed E-state index contributed by atoms with van der Waals surface area (Å²) < 4.78 is 0. The first-order valence-corrected chi connectivity index (χ1v) is 4.83. The van der Waals surface area contributed by atoms with Gasteiger partial charge in [0.25, 0.3) is 0 Å². The summed E-state index contributed by atoms with van der Waals surface area (Å²) in [4.78, 5) is 0. The zero-order valence-corrected chi connectivity index (χ0v) is 6.84. The summed E-state index contributed by atoms with van der Waals surface area (Å²) in [6.07, 6.45) is 7.04. The summed E-state index contributed by atoms with van der Waals surface area (Å²) >= 11 is 0. The highest BCUT2D eigenvalue weighted by atomic mass is 15.2. The zero-order valence-electron chi connectivity index (χ0n) is 6.84. The molecule has 0 spiro atoms. The number of nitrogens with zero attached hydrogens (tertiary/aromatic N) is 1. The highest BCUT2D eigenvalue weighted by molar-refractivity contribution is 5.13. The minimum atomic E-state index is 0.489. The normalized spacial score (nSPS) is 54.5. The number of fused-ring (bicyclic) bond motifs is 2. The number of hydrogen-bond acceptors (Lipinski definition) is 1. The van der Waals surface area contributed by atoms with Crippen LogP contribution in [-0.4, -0.2) is 24.2 Å². The van der Waals surface area contributed by atoms with Gasteiger partial charge in [0.2, 0.25) is 0 Å². The molecular formula is C9H15N2. The third-order valence-electron chi connectivity index (χ3n) is 3.61. The van der Waals surface area contributed by atoms with E-state index in [1.165, 1.54) is 32.1 Å². The van der Waals surface area contributed by atoms with Crippen molar-refractivity contribution in [2.24, 2.45) is 0 Å². The largest absolute Gasteiger partial charge is 0.307 e. The molecule has 0 saturated carbocycles. The molecule has 0 aromatic heterocycles. The van der Waals surface area contributed by atoms with Crippen LogP contribution >= 0.6 is 0 Å². The van der Waals surface area contributed by atoms with Crippen LogP contribution in [0.4, 0.5) is 0 Å². The van der Waals surface area contributed by atoms with Crippen molar-refractivity contribution in [2.75, 3.05) is 6.54 Å². The Labute approximate surface area is 67.7 Å². The molecule has 3 aliphatic rings. The molecule has 1 radical (unpaired) electrons. The molecule has 61 valence electrons. The molecule has 3 rings (SSSR count). The molecule has 2 nitrogen and oxygen atoms in total. The standard InChI is InChI=1S/C9H15N2/c1-2-7-3-5-9(4-1,11-7)8-6-10-8/h7-8,11H,1-6H2. The fourth-order valence-corrected chi connectivity index (χ4v) is 2.89. The van der Waals surface area contributed by atoms with Crippen LogP contribution in [0.25, 0.3) is 0 Å². The van der Waals surface area contributed by atoms with E-state index in [0.717, 1.165) is 12.6 Å². The predicted octanol–water partition coefficient (Wildman–Crippen LogP) is 0.648. The summed E-state index contributed by atoms with van der Waals surface area (Å²) in [6, 6.07) is 1.55. The van der Waals surface area contributed by atoms with Gasteiger partial charge in [-0.05, 0) is 25.7 Å². The van der Waals surface area contributed by atoms with Gasteiger partial charge in [-0.15, -0.1) is 0 Å². The van der Waals surface area contributed by atoms with E-state index in [1.807, 2.05) is 0 Å². The van der Waals surface area contributed by atoms with Crippen molar-refractivity contribution < 1.29 is 0 Å². The number of hydrogen-bond donors (Lipinski definition) is 1. The molecule has 2 heteroatoms. The average molecular weight is 151 g/mol. The van der Waals surface area contributed by atoms with E-state index in [0.29, 0.717) is 11.6 Å². The summed E-state index contributed by atoms with van der Waals surface area (Å²) in [6.45, 7) is 1.14. The van der Waals surface area contributed by atoms with E-state index in [2.05, 4.69) is 10.6 Å². The average Bonchev–Trinajstić information content (AvgIpc) is 2.81. The Balaban J connectivity index is 1.84. The molecule has 3 aliphatic heterocycles. The van der Waals surface area contributed by atoms with Crippen LogP contribution in [0.1, 0.15) is 32.1 Å². The molecular weight excluding hydrogens is 136 g/mol. The van der Waals surface area contributed by atoms with Crippen molar-refractivity contribution in [3.05, 3.63) is 0 Å². The molecule has 2 bridgehead atoms. The van der Waals surface area contributed by atoms with E-state index >= 15 is 0 Å². The molecule has 0 aliphatic carbocycles. The molecule has 3 unspecified atom stereocenters. The highest BCUT2D eigenvalue weighted by Gasteiger charge is 2.51. The van der Waals surface area contributed by atoms with E-state index < -0.39 is 0 Å². The predicted molar refractivity (Wildman–Crippen MR) is 43.5 cm³/mol. The SMILES string of the molecule is C1CC2CCC(C3C[N]3)(C1)N2. The van der Waals surface area contributed by atoms with Crippen LogP contribution in [0.2, 0.25) is 0 Å². The minimum Gasteiger partial charge on any atom is -0.307 e. The summed E-state index contributed by atoms with van der Waals surface area (Å²) in [5, 5.41) is 8.21. The second kappa shape index (κ2) is 1.99. The number of rotatable bonds is 1. The number of piperidine rings is 1. The van der Waals surface area contributed by atoms with Gasteiger partial charge in [-0.1, -0.05) is 6.42 Å². The van der Waals surface area contributed by atoms with Gasteiger partial charge in [0.1, 0.15) is 0 Å². The second-order valence-electron chi connectivity index (χ2n) is 4.31. The molecule has 3 atom stereocenters. The van der Waals surface area contributed by atoms with Gasteiger partial charge in [-0.25, -0.2) is 5.32 Å². The van der Waals surface area contributed by atoms with Gasteiger partial charge >= 0.3 is 0 Å². The fourth-order valence-electron chi connectivity index (χ4n) is 2.89. The Kier molecular flexibility index (Phi) is 1.16. The lowest BCUT2D eigenvalue weighted by molar-refractivity contribution is 0.270. The van der Waals surface area contributed by atoms with Crippen molar-refractivity contribution in [3.63, 3.8) is 0 Å². The van der Waals surface area contributed by atoms with E-state index in [4.69, 9.17) is 0 Å². The maximum Gasteiger partial charge on any atom is 0.0570 e. The van der Waals surface area contributed by atoms with Crippen LogP contribution in [0.5, 0.6) is 0 Å². The first-order valence-electron chi connectivity index (χ1n) is 4.83. The Bertz CT molecular complexity index is 172. The first kappa shape index (κ1) is 6.44. The van der Waals surface area contributed by atoms with Crippen molar-refractivity contribution >= 4 is 0 Å². The van der Waals surface area contributed by atoms with Crippen LogP contribution in [0, 0.1) is 0 Å². The Morgan fingerprint density at radius 2 is 2.18 bits per heavy atom.